The smallest absolute Gasteiger partial charge is 0.246 e. The van der Waals surface area contributed by atoms with E-state index < -0.39 is 0 Å². The summed E-state index contributed by atoms with van der Waals surface area (Å²) in [5, 5.41) is 7.63. The van der Waals surface area contributed by atoms with Crippen LogP contribution in [0.3, 0.4) is 0 Å². The molecule has 5 rings (SSSR count). The zero-order valence-corrected chi connectivity index (χ0v) is 16.6. The van der Waals surface area contributed by atoms with Gasteiger partial charge in [-0.25, -0.2) is 0 Å². The molecule has 3 heterocycles. The summed E-state index contributed by atoms with van der Waals surface area (Å²) in [5.41, 5.74) is 4.93. The van der Waals surface area contributed by atoms with E-state index >= 15 is 0 Å². The number of hydrogen-bond acceptors (Lipinski definition) is 5. The van der Waals surface area contributed by atoms with E-state index in [1.165, 1.54) is 0 Å². The van der Waals surface area contributed by atoms with Gasteiger partial charge in [0, 0.05) is 42.4 Å². The number of amides is 1. The lowest BCUT2D eigenvalue weighted by Crippen LogP contribution is -2.34. The summed E-state index contributed by atoms with van der Waals surface area (Å²) in [7, 11) is 1.64. The summed E-state index contributed by atoms with van der Waals surface area (Å²) in [6.45, 7) is 1.41. The number of carbonyl (C=O) groups is 1. The summed E-state index contributed by atoms with van der Waals surface area (Å²) in [6.07, 6.45) is 4.16. The molecule has 0 bridgehead atoms. The highest BCUT2D eigenvalue weighted by Gasteiger charge is 2.24. The Labute approximate surface area is 173 Å². The van der Waals surface area contributed by atoms with Gasteiger partial charge < -0.3 is 19.1 Å². The second-order valence-electron chi connectivity index (χ2n) is 7.21. The molecule has 7 heteroatoms. The normalized spacial score (nSPS) is 14.8. The first-order valence-electron chi connectivity index (χ1n) is 9.78. The van der Waals surface area contributed by atoms with E-state index in [0.717, 1.165) is 46.0 Å². The van der Waals surface area contributed by atoms with Crippen molar-refractivity contribution in [1.29, 1.82) is 0 Å². The van der Waals surface area contributed by atoms with Crippen LogP contribution in [-0.2, 0) is 17.8 Å². The van der Waals surface area contributed by atoms with Crippen molar-refractivity contribution >= 4 is 12.0 Å². The summed E-state index contributed by atoms with van der Waals surface area (Å²) in [6, 6.07) is 13.4. The van der Waals surface area contributed by atoms with Gasteiger partial charge in [-0.1, -0.05) is 6.07 Å². The average molecular weight is 403 g/mol. The molecule has 1 N–H and O–H groups in total. The molecule has 30 heavy (non-hydrogen) atoms. The number of rotatable bonds is 4. The van der Waals surface area contributed by atoms with Gasteiger partial charge in [-0.3, -0.25) is 9.89 Å². The SMILES string of the molecule is COc1ccc(-c2n[nH]c3c2CN(C(=O)/C=C/c2ccc4c(c2)OCO4)CC3)cc1. The van der Waals surface area contributed by atoms with Crippen LogP contribution in [0.15, 0.2) is 48.5 Å². The second kappa shape index (κ2) is 7.59. The van der Waals surface area contributed by atoms with Gasteiger partial charge in [0.25, 0.3) is 0 Å². The van der Waals surface area contributed by atoms with Gasteiger partial charge in [0.2, 0.25) is 12.7 Å². The summed E-state index contributed by atoms with van der Waals surface area (Å²) < 4.78 is 15.9. The van der Waals surface area contributed by atoms with Crippen LogP contribution < -0.4 is 14.2 Å². The minimum atomic E-state index is -0.0276. The molecule has 0 aliphatic carbocycles. The Morgan fingerprint density at radius 2 is 2.00 bits per heavy atom. The van der Waals surface area contributed by atoms with E-state index in [9.17, 15) is 4.79 Å². The highest BCUT2D eigenvalue weighted by molar-refractivity contribution is 5.92. The third kappa shape index (κ3) is 3.39. The molecule has 152 valence electrons. The fourth-order valence-corrected chi connectivity index (χ4v) is 3.76. The van der Waals surface area contributed by atoms with Crippen LogP contribution in [-0.4, -0.2) is 41.5 Å². The van der Waals surface area contributed by atoms with Crippen LogP contribution in [0.4, 0.5) is 0 Å². The van der Waals surface area contributed by atoms with E-state index in [-0.39, 0.29) is 12.7 Å². The lowest BCUT2D eigenvalue weighted by Gasteiger charge is -2.26. The van der Waals surface area contributed by atoms with E-state index in [1.807, 2.05) is 47.4 Å². The lowest BCUT2D eigenvalue weighted by atomic mass is 10.0. The third-order valence-corrected chi connectivity index (χ3v) is 5.42. The molecule has 2 aromatic carbocycles. The van der Waals surface area contributed by atoms with Gasteiger partial charge in [-0.05, 0) is 48.0 Å². The third-order valence-electron chi connectivity index (χ3n) is 5.42. The number of ether oxygens (including phenoxy) is 3. The molecule has 0 fully saturated rings. The van der Waals surface area contributed by atoms with Crippen molar-refractivity contribution in [3.05, 3.63) is 65.4 Å². The molecule has 0 saturated carbocycles. The Morgan fingerprint density at radius 1 is 1.17 bits per heavy atom. The number of aromatic amines is 1. The fourth-order valence-electron chi connectivity index (χ4n) is 3.76. The predicted octanol–water partition coefficient (Wildman–Crippen LogP) is 3.41. The lowest BCUT2D eigenvalue weighted by molar-refractivity contribution is -0.126. The van der Waals surface area contributed by atoms with Crippen LogP contribution in [0, 0.1) is 0 Å². The molecule has 0 atom stereocenters. The maximum Gasteiger partial charge on any atom is 0.246 e. The van der Waals surface area contributed by atoms with E-state index in [4.69, 9.17) is 14.2 Å². The maximum atomic E-state index is 12.8. The fraction of sp³-hybridized carbons (Fsp3) is 0.217. The second-order valence-corrected chi connectivity index (χ2v) is 7.21. The molecule has 0 radical (unpaired) electrons. The number of aromatic nitrogens is 2. The number of nitrogens with zero attached hydrogens (tertiary/aromatic N) is 2. The molecule has 3 aromatic rings. The van der Waals surface area contributed by atoms with Crippen LogP contribution in [0.25, 0.3) is 17.3 Å². The molecule has 0 unspecified atom stereocenters. The Kier molecular flexibility index (Phi) is 4.63. The van der Waals surface area contributed by atoms with Crippen LogP contribution in [0.1, 0.15) is 16.8 Å². The summed E-state index contributed by atoms with van der Waals surface area (Å²) in [5.74, 6) is 2.21. The standard InChI is InChI=1S/C23H21N3O4/c1-28-17-6-4-16(5-7-17)23-18-13-26(11-10-19(18)24-25-23)22(27)9-3-15-2-8-20-21(12-15)30-14-29-20/h2-9,12H,10-11,13-14H2,1H3,(H,24,25)/b9-3+. The van der Waals surface area contributed by atoms with Gasteiger partial charge in [0.05, 0.1) is 12.8 Å². The predicted molar refractivity (Wildman–Crippen MR) is 111 cm³/mol. The summed E-state index contributed by atoms with van der Waals surface area (Å²) in [4.78, 5) is 14.6. The first-order chi connectivity index (χ1) is 14.7. The van der Waals surface area contributed by atoms with Crippen molar-refractivity contribution in [2.45, 2.75) is 13.0 Å². The topological polar surface area (TPSA) is 76.7 Å². The van der Waals surface area contributed by atoms with Crippen molar-refractivity contribution in [2.24, 2.45) is 0 Å². The molecule has 1 aromatic heterocycles. The first kappa shape index (κ1) is 18.3. The summed E-state index contributed by atoms with van der Waals surface area (Å²) >= 11 is 0. The Hall–Kier alpha value is -3.74. The van der Waals surface area contributed by atoms with Crippen molar-refractivity contribution in [3.8, 4) is 28.5 Å². The minimum Gasteiger partial charge on any atom is -0.497 e. The maximum absolute atomic E-state index is 12.8. The molecular formula is C23H21N3O4. The monoisotopic (exact) mass is 403 g/mol. The number of nitrogens with one attached hydrogen (secondary N) is 1. The number of fused-ring (bicyclic) bond motifs is 2. The zero-order valence-electron chi connectivity index (χ0n) is 16.6. The van der Waals surface area contributed by atoms with Crippen LogP contribution in [0.5, 0.6) is 17.2 Å². The molecule has 0 saturated heterocycles. The molecule has 2 aliphatic rings. The van der Waals surface area contributed by atoms with Gasteiger partial charge in [-0.2, -0.15) is 5.10 Å². The molecule has 1 amide bonds. The number of methoxy groups -OCH3 is 1. The first-order valence-corrected chi connectivity index (χ1v) is 9.78. The largest absolute Gasteiger partial charge is 0.497 e. The quantitative estimate of drug-likeness (QED) is 0.676. The van der Waals surface area contributed by atoms with Gasteiger partial charge in [-0.15, -0.1) is 0 Å². The van der Waals surface area contributed by atoms with Gasteiger partial charge >= 0.3 is 0 Å². The minimum absolute atomic E-state index is 0.0276. The number of H-pyrrole nitrogens is 1. The molecule has 2 aliphatic heterocycles. The van der Waals surface area contributed by atoms with Crippen molar-refractivity contribution in [2.75, 3.05) is 20.4 Å². The van der Waals surface area contributed by atoms with Crippen LogP contribution >= 0.6 is 0 Å². The van der Waals surface area contributed by atoms with Crippen LogP contribution in [0.2, 0.25) is 0 Å². The molecule has 0 spiro atoms. The highest BCUT2D eigenvalue weighted by Crippen LogP contribution is 2.33. The number of hydrogen-bond donors (Lipinski definition) is 1. The Balaban J connectivity index is 1.32. The average Bonchev–Trinajstić information content (AvgIpc) is 3.43. The Bertz CT molecular complexity index is 1120. The molecular weight excluding hydrogens is 382 g/mol. The van der Waals surface area contributed by atoms with E-state index in [0.29, 0.717) is 18.8 Å². The number of benzene rings is 2. The highest BCUT2D eigenvalue weighted by atomic mass is 16.7. The van der Waals surface area contributed by atoms with E-state index in [1.54, 1.807) is 19.3 Å². The van der Waals surface area contributed by atoms with Crippen molar-refractivity contribution in [1.82, 2.24) is 15.1 Å². The Morgan fingerprint density at radius 3 is 2.83 bits per heavy atom. The molecule has 7 nitrogen and oxygen atoms in total. The van der Waals surface area contributed by atoms with Crippen molar-refractivity contribution < 1.29 is 19.0 Å². The van der Waals surface area contributed by atoms with Crippen molar-refractivity contribution in [3.63, 3.8) is 0 Å². The zero-order chi connectivity index (χ0) is 20.5. The number of carbonyl (C=O) groups excluding carboxylic acids is 1. The van der Waals surface area contributed by atoms with Gasteiger partial charge in [0.15, 0.2) is 11.5 Å². The van der Waals surface area contributed by atoms with E-state index in [2.05, 4.69) is 10.2 Å². The van der Waals surface area contributed by atoms with Gasteiger partial charge in [0.1, 0.15) is 5.75 Å².